The maximum atomic E-state index is 11.0. The van der Waals surface area contributed by atoms with Crippen LogP contribution in [0.3, 0.4) is 0 Å². The zero-order valence-electron chi connectivity index (χ0n) is 6.17. The first-order valence-corrected chi connectivity index (χ1v) is 3.47. The second-order valence-electron chi connectivity index (χ2n) is 1.93. The van der Waals surface area contributed by atoms with Gasteiger partial charge in [-0.3, -0.25) is 19.7 Å². The molecule has 12 heavy (non-hydrogen) atoms. The van der Waals surface area contributed by atoms with E-state index >= 15 is 0 Å². The third-order valence-corrected chi connectivity index (χ3v) is 1.35. The molecule has 0 aliphatic carbocycles. The molecule has 1 aromatic rings. The normalized spacial score (nSPS) is 9.42. The van der Waals surface area contributed by atoms with E-state index in [1.54, 1.807) is 0 Å². The quantitative estimate of drug-likeness (QED) is 0.500. The van der Waals surface area contributed by atoms with Crippen molar-refractivity contribution in [3.05, 3.63) is 20.8 Å². The van der Waals surface area contributed by atoms with Gasteiger partial charge < -0.3 is 5.32 Å². The summed E-state index contributed by atoms with van der Waals surface area (Å²) >= 11 is 4.58. The molecule has 1 amide bonds. The second-order valence-corrected chi connectivity index (χ2v) is 2.34. The summed E-state index contributed by atoms with van der Waals surface area (Å²) in [6, 6.07) is 0. The van der Waals surface area contributed by atoms with Gasteiger partial charge >= 0.3 is 0 Å². The van der Waals surface area contributed by atoms with Crippen LogP contribution in [0.15, 0.2) is 4.79 Å². The Morgan fingerprint density at radius 1 is 1.67 bits per heavy atom. The van der Waals surface area contributed by atoms with Gasteiger partial charge in [-0.15, -0.1) is 0 Å². The minimum absolute atomic E-state index is 0.0904. The fourth-order valence-corrected chi connectivity index (χ4v) is 0.758. The van der Waals surface area contributed by atoms with Crippen LogP contribution in [-0.4, -0.2) is 28.1 Å². The van der Waals surface area contributed by atoms with E-state index in [0.29, 0.717) is 0 Å². The van der Waals surface area contributed by atoms with Crippen molar-refractivity contribution in [3.8, 4) is 0 Å². The number of hydrogen-bond donors (Lipinski definition) is 3. The molecule has 0 bridgehead atoms. The highest BCUT2D eigenvalue weighted by atomic mass is 32.1. The number of amides is 1. The first-order chi connectivity index (χ1) is 5.65. The highest BCUT2D eigenvalue weighted by Gasteiger charge is 2.09. The average molecular weight is 186 g/mol. The molecule has 3 N–H and O–H groups in total. The molecule has 0 saturated carbocycles. The van der Waals surface area contributed by atoms with Crippen molar-refractivity contribution in [2.24, 2.45) is 0 Å². The number of nitrogens with one attached hydrogen (secondary N) is 3. The van der Waals surface area contributed by atoms with Gasteiger partial charge in [-0.25, -0.2) is 0 Å². The Morgan fingerprint density at radius 2 is 2.33 bits per heavy atom. The number of carbonyl (C=O) groups is 1. The van der Waals surface area contributed by atoms with E-state index < -0.39 is 11.5 Å². The van der Waals surface area contributed by atoms with Crippen LogP contribution in [0.25, 0.3) is 0 Å². The lowest BCUT2D eigenvalue weighted by molar-refractivity contribution is 0.0955. The summed E-state index contributed by atoms with van der Waals surface area (Å²) in [5, 5.41) is 8.03. The first-order valence-electron chi connectivity index (χ1n) is 3.06. The molecule has 64 valence electrons. The van der Waals surface area contributed by atoms with Crippen molar-refractivity contribution in [2.75, 3.05) is 7.05 Å². The maximum absolute atomic E-state index is 11.0. The van der Waals surface area contributed by atoms with Crippen LogP contribution in [-0.2, 0) is 0 Å². The Balaban J connectivity index is 3.28. The minimum atomic E-state index is -0.599. The van der Waals surface area contributed by atoms with Crippen LogP contribution in [0.4, 0.5) is 0 Å². The monoisotopic (exact) mass is 186 g/mol. The lowest BCUT2D eigenvalue weighted by atomic mass is 10.4. The number of aromatic amines is 2. The largest absolute Gasteiger partial charge is 0.354 e. The van der Waals surface area contributed by atoms with E-state index in [2.05, 4.69) is 32.7 Å². The minimum Gasteiger partial charge on any atom is -0.354 e. The predicted octanol–water partition coefficient (Wildman–Crippen LogP) is -0.813. The molecule has 0 fully saturated rings. The molecule has 0 aliphatic heterocycles. The smallest absolute Gasteiger partial charge is 0.283 e. The Hall–Kier alpha value is -1.50. The fraction of sp³-hybridized carbons (Fsp3) is 0.200. The van der Waals surface area contributed by atoms with Crippen LogP contribution in [0.2, 0.25) is 0 Å². The lowest BCUT2D eigenvalue weighted by Gasteiger charge is -1.94. The van der Waals surface area contributed by atoms with Gasteiger partial charge in [-0.2, -0.15) is 5.10 Å². The molecule has 0 aromatic carbocycles. The highest BCUT2D eigenvalue weighted by molar-refractivity contribution is 7.71. The van der Waals surface area contributed by atoms with Crippen LogP contribution in [0, 0.1) is 4.77 Å². The van der Waals surface area contributed by atoms with E-state index in [4.69, 9.17) is 0 Å². The average Bonchev–Trinajstić information content (AvgIpc) is 2.03. The fourth-order valence-electron chi connectivity index (χ4n) is 0.620. The van der Waals surface area contributed by atoms with Crippen molar-refractivity contribution in [1.82, 2.24) is 20.5 Å². The number of H-pyrrole nitrogens is 2. The summed E-state index contributed by atoms with van der Waals surface area (Å²) in [6.45, 7) is 0. The van der Waals surface area contributed by atoms with Crippen molar-refractivity contribution in [2.45, 2.75) is 0 Å². The third kappa shape index (κ3) is 1.56. The molecule has 0 radical (unpaired) electrons. The van der Waals surface area contributed by atoms with Gasteiger partial charge in [0, 0.05) is 7.05 Å². The second kappa shape index (κ2) is 3.26. The first kappa shape index (κ1) is 8.60. The third-order valence-electron chi connectivity index (χ3n) is 1.15. The van der Waals surface area contributed by atoms with Crippen LogP contribution in [0.5, 0.6) is 0 Å². The van der Waals surface area contributed by atoms with E-state index in [1.807, 2.05) is 0 Å². The van der Waals surface area contributed by atoms with Gasteiger partial charge in [0.25, 0.3) is 11.5 Å². The Morgan fingerprint density at radius 3 is 2.83 bits per heavy atom. The lowest BCUT2D eigenvalue weighted by Crippen LogP contribution is -2.29. The molecule has 7 heteroatoms. The number of carbonyl (C=O) groups excluding carboxylic acids is 1. The van der Waals surface area contributed by atoms with Crippen molar-refractivity contribution in [1.29, 1.82) is 0 Å². The van der Waals surface area contributed by atoms with Crippen LogP contribution >= 0.6 is 12.2 Å². The number of hydrogen-bond acceptors (Lipinski definition) is 4. The Labute approximate surface area is 72.0 Å². The van der Waals surface area contributed by atoms with Gasteiger partial charge in [-0.1, -0.05) is 0 Å². The Kier molecular flexibility index (Phi) is 2.34. The van der Waals surface area contributed by atoms with Crippen LogP contribution < -0.4 is 10.9 Å². The van der Waals surface area contributed by atoms with Gasteiger partial charge in [0.1, 0.15) is 0 Å². The van der Waals surface area contributed by atoms with Gasteiger partial charge in [0.05, 0.1) is 0 Å². The molecule has 1 rings (SSSR count). The van der Waals surface area contributed by atoms with Crippen molar-refractivity contribution >= 4 is 18.1 Å². The van der Waals surface area contributed by atoms with Crippen LogP contribution in [0.1, 0.15) is 10.5 Å². The van der Waals surface area contributed by atoms with Crippen molar-refractivity contribution in [3.63, 3.8) is 0 Å². The SMILES string of the molecule is CNC(=O)c1n[nH]c(=S)[nH]c1=O. The summed E-state index contributed by atoms with van der Waals surface area (Å²) in [6.07, 6.45) is 0. The zero-order valence-corrected chi connectivity index (χ0v) is 6.99. The van der Waals surface area contributed by atoms with Gasteiger partial charge in [0.15, 0.2) is 4.77 Å². The molecule has 0 atom stereocenters. The predicted molar refractivity (Wildman–Crippen MR) is 43.4 cm³/mol. The van der Waals surface area contributed by atoms with E-state index in [0.717, 1.165) is 0 Å². The summed E-state index contributed by atoms with van der Waals surface area (Å²) in [5.74, 6) is -0.553. The molecule has 0 unspecified atom stereocenters. The van der Waals surface area contributed by atoms with Crippen molar-refractivity contribution < 1.29 is 4.79 Å². The summed E-state index contributed by atoms with van der Waals surface area (Å²) in [7, 11) is 1.41. The molecule has 0 spiro atoms. The highest BCUT2D eigenvalue weighted by Crippen LogP contribution is 1.79. The molecule has 0 aliphatic rings. The summed E-state index contributed by atoms with van der Waals surface area (Å²) in [5.41, 5.74) is -0.829. The molecule has 6 nitrogen and oxygen atoms in total. The van der Waals surface area contributed by atoms with E-state index in [-0.39, 0.29) is 10.5 Å². The summed E-state index contributed by atoms with van der Waals surface area (Å²) in [4.78, 5) is 24.1. The molecule has 1 aromatic heterocycles. The molecule has 1 heterocycles. The van der Waals surface area contributed by atoms with Gasteiger partial charge in [-0.05, 0) is 12.2 Å². The maximum Gasteiger partial charge on any atom is 0.283 e. The summed E-state index contributed by atoms with van der Waals surface area (Å²) < 4.78 is 0.0904. The van der Waals surface area contributed by atoms with Gasteiger partial charge in [0.2, 0.25) is 5.69 Å². The molecule has 0 saturated heterocycles. The zero-order chi connectivity index (χ0) is 9.14. The molecular formula is C5H6N4O2S. The topological polar surface area (TPSA) is 90.6 Å². The number of nitrogens with zero attached hydrogens (tertiary/aromatic N) is 1. The standard InChI is InChI=1S/C5H6N4O2S/c1-6-3(10)2-4(11)7-5(12)9-8-2/h1H3,(H,6,10)(H2,7,9,11,12). The molecular weight excluding hydrogens is 180 g/mol. The van der Waals surface area contributed by atoms with E-state index in [1.165, 1.54) is 7.05 Å². The number of aromatic nitrogens is 3. The Bertz CT molecular complexity index is 406. The van der Waals surface area contributed by atoms with E-state index in [9.17, 15) is 9.59 Å². The number of rotatable bonds is 1.